The Balaban J connectivity index is 2.24. The van der Waals surface area contributed by atoms with Crippen LogP contribution in [-0.2, 0) is 10.8 Å². The maximum absolute atomic E-state index is 13.6. The lowest BCUT2D eigenvalue weighted by Gasteiger charge is -2.30. The Bertz CT molecular complexity index is 453. The molecule has 5 heteroatoms. The molecule has 3 atom stereocenters. The molecule has 0 spiro atoms. The van der Waals surface area contributed by atoms with Crippen molar-refractivity contribution in [3.63, 3.8) is 0 Å². The van der Waals surface area contributed by atoms with Crippen LogP contribution in [-0.4, -0.2) is 22.5 Å². The van der Waals surface area contributed by atoms with Gasteiger partial charge in [0, 0.05) is 12.1 Å². The van der Waals surface area contributed by atoms with Crippen molar-refractivity contribution in [3.05, 3.63) is 29.8 Å². The molecule has 1 fully saturated rings. The van der Waals surface area contributed by atoms with E-state index in [1.807, 2.05) is 7.05 Å². The molecule has 2 nitrogen and oxygen atoms in total. The molecular weight excluding hydrogens is 256 g/mol. The number of nitrogens with one attached hydrogen (secondary N) is 1. The number of rotatable bonds is 3. The average Bonchev–Trinajstić information content (AvgIpc) is 2.38. The van der Waals surface area contributed by atoms with E-state index in [4.69, 9.17) is 0 Å². The van der Waals surface area contributed by atoms with Gasteiger partial charge in [-0.1, -0.05) is 12.8 Å². The van der Waals surface area contributed by atoms with Crippen molar-refractivity contribution in [1.29, 1.82) is 0 Å². The van der Waals surface area contributed by atoms with E-state index < -0.39 is 22.4 Å². The molecule has 2 rings (SSSR count). The van der Waals surface area contributed by atoms with Crippen LogP contribution in [0.3, 0.4) is 0 Å². The van der Waals surface area contributed by atoms with Crippen LogP contribution < -0.4 is 5.32 Å². The van der Waals surface area contributed by atoms with Gasteiger partial charge in [-0.15, -0.1) is 0 Å². The van der Waals surface area contributed by atoms with Gasteiger partial charge in [-0.2, -0.15) is 0 Å². The molecule has 1 aromatic carbocycles. The van der Waals surface area contributed by atoms with Gasteiger partial charge in [-0.3, -0.25) is 4.21 Å². The summed E-state index contributed by atoms with van der Waals surface area (Å²) in [5.74, 6) is -1.35. The Labute approximate surface area is 108 Å². The summed E-state index contributed by atoms with van der Waals surface area (Å²) in [6.07, 6.45) is 3.88. The Kier molecular flexibility index (Phi) is 4.45. The molecule has 0 amide bonds. The minimum atomic E-state index is -1.42. The normalized spacial score (nSPS) is 25.9. The van der Waals surface area contributed by atoms with E-state index in [0.717, 1.165) is 37.8 Å². The van der Waals surface area contributed by atoms with Gasteiger partial charge < -0.3 is 5.32 Å². The van der Waals surface area contributed by atoms with Gasteiger partial charge >= 0.3 is 0 Å². The van der Waals surface area contributed by atoms with Crippen molar-refractivity contribution in [1.82, 2.24) is 5.32 Å². The standard InChI is InChI=1S/C13H17F2NOS/c1-16-11-4-2-3-5-13(11)18(17)12-7-6-9(14)8-10(12)15/h6-8,11,13,16H,2-5H2,1H3. The maximum Gasteiger partial charge on any atom is 0.142 e. The van der Waals surface area contributed by atoms with Crippen LogP contribution in [0.4, 0.5) is 8.78 Å². The van der Waals surface area contributed by atoms with Crippen LogP contribution in [0.5, 0.6) is 0 Å². The lowest BCUT2D eigenvalue weighted by Crippen LogP contribution is -2.42. The molecule has 100 valence electrons. The van der Waals surface area contributed by atoms with E-state index >= 15 is 0 Å². The van der Waals surface area contributed by atoms with Crippen LogP contribution in [0.25, 0.3) is 0 Å². The molecule has 1 aliphatic carbocycles. The fraction of sp³-hybridized carbons (Fsp3) is 0.538. The summed E-state index contributed by atoms with van der Waals surface area (Å²) >= 11 is 0. The second-order valence-corrected chi connectivity index (χ2v) is 6.23. The van der Waals surface area contributed by atoms with Crippen LogP contribution >= 0.6 is 0 Å². The molecule has 0 radical (unpaired) electrons. The molecule has 1 saturated carbocycles. The van der Waals surface area contributed by atoms with Gasteiger partial charge in [0.25, 0.3) is 0 Å². The van der Waals surface area contributed by atoms with Crippen molar-refractivity contribution in [2.45, 2.75) is 41.9 Å². The van der Waals surface area contributed by atoms with Crippen molar-refractivity contribution in [3.8, 4) is 0 Å². The number of hydrogen-bond donors (Lipinski definition) is 1. The van der Waals surface area contributed by atoms with Crippen LogP contribution in [0.1, 0.15) is 25.7 Å². The highest BCUT2D eigenvalue weighted by Gasteiger charge is 2.30. The van der Waals surface area contributed by atoms with Gasteiger partial charge in [0.2, 0.25) is 0 Å². The van der Waals surface area contributed by atoms with Crippen LogP contribution in [0.2, 0.25) is 0 Å². The summed E-state index contributed by atoms with van der Waals surface area (Å²) in [4.78, 5) is 0.114. The number of halogens is 2. The van der Waals surface area contributed by atoms with Crippen molar-refractivity contribution in [2.75, 3.05) is 7.05 Å². The Morgan fingerprint density at radius 3 is 2.67 bits per heavy atom. The summed E-state index contributed by atoms with van der Waals surface area (Å²) in [6.45, 7) is 0. The monoisotopic (exact) mass is 273 g/mol. The van der Waals surface area contributed by atoms with E-state index in [-0.39, 0.29) is 16.2 Å². The molecule has 1 aliphatic rings. The lowest BCUT2D eigenvalue weighted by molar-refractivity contribution is 0.398. The third-order valence-electron chi connectivity index (χ3n) is 3.46. The quantitative estimate of drug-likeness (QED) is 0.917. The summed E-state index contributed by atoms with van der Waals surface area (Å²) in [7, 11) is 0.411. The molecule has 0 aromatic heterocycles. The second-order valence-electron chi connectivity index (χ2n) is 4.59. The summed E-state index contributed by atoms with van der Waals surface area (Å²) in [6, 6.07) is 3.39. The maximum atomic E-state index is 13.6. The van der Waals surface area contributed by atoms with Gasteiger partial charge in [-0.25, -0.2) is 8.78 Å². The lowest BCUT2D eigenvalue weighted by atomic mass is 9.95. The van der Waals surface area contributed by atoms with Crippen LogP contribution in [0, 0.1) is 11.6 Å². The van der Waals surface area contributed by atoms with E-state index in [1.54, 1.807) is 0 Å². The minimum Gasteiger partial charge on any atom is -0.316 e. The highest BCUT2D eigenvalue weighted by molar-refractivity contribution is 7.85. The first kappa shape index (κ1) is 13.6. The SMILES string of the molecule is CNC1CCCCC1S(=O)c1ccc(F)cc1F. The predicted molar refractivity (Wildman–Crippen MR) is 67.9 cm³/mol. The molecule has 1 N–H and O–H groups in total. The Hall–Kier alpha value is -0.810. The molecule has 0 heterocycles. The topological polar surface area (TPSA) is 29.1 Å². The zero-order valence-corrected chi connectivity index (χ0v) is 11.1. The van der Waals surface area contributed by atoms with Gasteiger partial charge in [-0.05, 0) is 32.0 Å². The van der Waals surface area contributed by atoms with E-state index in [9.17, 15) is 13.0 Å². The second kappa shape index (κ2) is 5.89. The number of hydrogen-bond acceptors (Lipinski definition) is 2. The fourth-order valence-corrected chi connectivity index (χ4v) is 4.22. The Morgan fingerprint density at radius 2 is 2.00 bits per heavy atom. The van der Waals surface area contributed by atoms with E-state index in [2.05, 4.69) is 5.32 Å². The zero-order chi connectivity index (χ0) is 13.1. The summed E-state index contributed by atoms with van der Waals surface area (Å²) < 4.78 is 38.9. The third-order valence-corrected chi connectivity index (χ3v) is 5.34. The van der Waals surface area contributed by atoms with E-state index in [1.165, 1.54) is 6.07 Å². The largest absolute Gasteiger partial charge is 0.316 e. The molecule has 3 unspecified atom stereocenters. The summed E-state index contributed by atoms with van der Waals surface area (Å²) in [5.41, 5.74) is 0. The Morgan fingerprint density at radius 1 is 1.28 bits per heavy atom. The first-order chi connectivity index (χ1) is 8.63. The van der Waals surface area contributed by atoms with Gasteiger partial charge in [0.15, 0.2) is 0 Å². The number of benzene rings is 1. The molecular formula is C13H17F2NOS. The van der Waals surface area contributed by atoms with Gasteiger partial charge in [0.05, 0.1) is 20.9 Å². The first-order valence-electron chi connectivity index (χ1n) is 6.16. The predicted octanol–water partition coefficient (Wildman–Crippen LogP) is 2.60. The average molecular weight is 273 g/mol. The first-order valence-corrected chi connectivity index (χ1v) is 7.37. The van der Waals surface area contributed by atoms with Crippen molar-refractivity contribution in [2.24, 2.45) is 0 Å². The van der Waals surface area contributed by atoms with E-state index in [0.29, 0.717) is 0 Å². The molecule has 1 aromatic rings. The summed E-state index contributed by atoms with van der Waals surface area (Å²) in [5, 5.41) is 3.05. The minimum absolute atomic E-state index is 0.0938. The highest BCUT2D eigenvalue weighted by atomic mass is 32.2. The smallest absolute Gasteiger partial charge is 0.142 e. The third kappa shape index (κ3) is 2.78. The van der Waals surface area contributed by atoms with Crippen molar-refractivity contribution >= 4 is 10.8 Å². The highest BCUT2D eigenvalue weighted by Crippen LogP contribution is 2.27. The van der Waals surface area contributed by atoms with Crippen molar-refractivity contribution < 1.29 is 13.0 Å². The van der Waals surface area contributed by atoms with Gasteiger partial charge in [0.1, 0.15) is 11.6 Å². The molecule has 0 bridgehead atoms. The zero-order valence-electron chi connectivity index (χ0n) is 10.3. The molecule has 18 heavy (non-hydrogen) atoms. The molecule has 0 saturated heterocycles. The molecule has 0 aliphatic heterocycles. The van der Waals surface area contributed by atoms with Crippen LogP contribution in [0.15, 0.2) is 23.1 Å². The fourth-order valence-electron chi connectivity index (χ4n) is 2.48.